The summed E-state index contributed by atoms with van der Waals surface area (Å²) in [6.45, 7) is 6.26. The fourth-order valence-electron chi connectivity index (χ4n) is 1.65. The molecule has 0 heterocycles. The van der Waals surface area contributed by atoms with E-state index in [-0.39, 0.29) is 10.9 Å². The van der Waals surface area contributed by atoms with Gasteiger partial charge in [0.1, 0.15) is 0 Å². The Hall–Kier alpha value is -0.910. The molecule has 0 bridgehead atoms. The first-order valence-electron chi connectivity index (χ1n) is 5.98. The van der Waals surface area contributed by atoms with Crippen LogP contribution >= 0.6 is 0 Å². The molecule has 0 spiro atoms. The Morgan fingerprint density at radius 3 is 2.17 bits per heavy atom. The molecule has 5 heteroatoms. The standard InChI is InChI=1S/C13H21NO3S/c1-10(2)12-5-7-13(8-6-12)18(15,16)14-11(3)9-17-4/h5-8,10-11,14H,9H2,1-4H3/t11-/m1/s1. The summed E-state index contributed by atoms with van der Waals surface area (Å²) in [4.78, 5) is 0.287. The van der Waals surface area contributed by atoms with Crippen molar-refractivity contribution in [3.05, 3.63) is 29.8 Å². The van der Waals surface area contributed by atoms with E-state index in [1.165, 1.54) is 0 Å². The fourth-order valence-corrected chi connectivity index (χ4v) is 2.88. The number of methoxy groups -OCH3 is 1. The molecule has 0 fully saturated rings. The zero-order valence-electron chi connectivity index (χ0n) is 11.3. The van der Waals surface area contributed by atoms with Gasteiger partial charge in [-0.1, -0.05) is 26.0 Å². The number of rotatable bonds is 6. The van der Waals surface area contributed by atoms with Crippen LogP contribution in [-0.4, -0.2) is 28.2 Å². The van der Waals surface area contributed by atoms with E-state index in [1.807, 2.05) is 12.1 Å². The Morgan fingerprint density at radius 1 is 1.17 bits per heavy atom. The van der Waals surface area contributed by atoms with Crippen LogP contribution in [0.5, 0.6) is 0 Å². The molecule has 0 saturated heterocycles. The van der Waals surface area contributed by atoms with E-state index < -0.39 is 10.0 Å². The van der Waals surface area contributed by atoms with Crippen molar-refractivity contribution >= 4 is 10.0 Å². The molecule has 0 aromatic heterocycles. The predicted octanol–water partition coefficient (Wildman–Crippen LogP) is 2.12. The van der Waals surface area contributed by atoms with Gasteiger partial charge in [0.05, 0.1) is 11.5 Å². The molecule has 0 aliphatic heterocycles. The summed E-state index contributed by atoms with van der Waals surface area (Å²) in [5.74, 6) is 0.391. The maximum absolute atomic E-state index is 12.0. The van der Waals surface area contributed by atoms with Gasteiger partial charge in [-0.15, -0.1) is 0 Å². The molecule has 1 aromatic carbocycles. The highest BCUT2D eigenvalue weighted by Gasteiger charge is 2.17. The van der Waals surface area contributed by atoms with E-state index in [0.29, 0.717) is 12.5 Å². The lowest BCUT2D eigenvalue weighted by Crippen LogP contribution is -2.35. The maximum Gasteiger partial charge on any atom is 0.240 e. The van der Waals surface area contributed by atoms with Crippen molar-refractivity contribution in [2.45, 2.75) is 37.6 Å². The second-order valence-corrected chi connectivity index (χ2v) is 6.42. The molecular formula is C13H21NO3S. The van der Waals surface area contributed by atoms with Crippen LogP contribution < -0.4 is 4.72 Å². The van der Waals surface area contributed by atoms with E-state index in [0.717, 1.165) is 5.56 Å². The minimum absolute atomic E-state index is 0.246. The third-order valence-corrected chi connectivity index (χ3v) is 4.24. The van der Waals surface area contributed by atoms with E-state index >= 15 is 0 Å². The van der Waals surface area contributed by atoms with Crippen LogP contribution in [0.25, 0.3) is 0 Å². The first kappa shape index (κ1) is 15.1. The van der Waals surface area contributed by atoms with Crippen LogP contribution in [0, 0.1) is 0 Å². The Labute approximate surface area is 109 Å². The molecule has 1 atom stereocenters. The molecule has 102 valence electrons. The maximum atomic E-state index is 12.0. The number of benzene rings is 1. The SMILES string of the molecule is COC[C@@H](C)NS(=O)(=O)c1ccc(C(C)C)cc1. The van der Waals surface area contributed by atoms with Gasteiger partial charge in [-0.3, -0.25) is 0 Å². The minimum atomic E-state index is -3.45. The monoisotopic (exact) mass is 271 g/mol. The largest absolute Gasteiger partial charge is 0.383 e. The van der Waals surface area contributed by atoms with Crippen LogP contribution in [-0.2, 0) is 14.8 Å². The second-order valence-electron chi connectivity index (χ2n) is 4.70. The van der Waals surface area contributed by atoms with Gasteiger partial charge in [-0.25, -0.2) is 13.1 Å². The Morgan fingerprint density at radius 2 is 1.72 bits per heavy atom. The van der Waals surface area contributed by atoms with Crippen LogP contribution in [0.15, 0.2) is 29.2 Å². The molecule has 1 N–H and O–H groups in total. The average Bonchev–Trinajstić information content (AvgIpc) is 2.28. The normalized spacial score (nSPS) is 13.8. The lowest BCUT2D eigenvalue weighted by atomic mass is 10.0. The van der Waals surface area contributed by atoms with Crippen molar-refractivity contribution in [2.24, 2.45) is 0 Å². The molecule has 1 aromatic rings. The highest BCUT2D eigenvalue weighted by atomic mass is 32.2. The molecule has 0 saturated carbocycles. The molecule has 18 heavy (non-hydrogen) atoms. The van der Waals surface area contributed by atoms with Gasteiger partial charge < -0.3 is 4.74 Å². The smallest absolute Gasteiger partial charge is 0.240 e. The van der Waals surface area contributed by atoms with Crippen LogP contribution in [0.1, 0.15) is 32.3 Å². The molecule has 0 radical (unpaired) electrons. The number of hydrogen-bond donors (Lipinski definition) is 1. The van der Waals surface area contributed by atoms with E-state index in [4.69, 9.17) is 4.74 Å². The van der Waals surface area contributed by atoms with E-state index in [1.54, 1.807) is 26.2 Å². The van der Waals surface area contributed by atoms with Crippen molar-refractivity contribution in [3.63, 3.8) is 0 Å². The van der Waals surface area contributed by atoms with Gasteiger partial charge >= 0.3 is 0 Å². The first-order valence-corrected chi connectivity index (χ1v) is 7.46. The molecular weight excluding hydrogens is 250 g/mol. The summed E-state index contributed by atoms with van der Waals surface area (Å²) < 4.78 is 31.5. The molecule has 1 rings (SSSR count). The second kappa shape index (κ2) is 6.31. The highest BCUT2D eigenvalue weighted by molar-refractivity contribution is 7.89. The highest BCUT2D eigenvalue weighted by Crippen LogP contribution is 2.17. The molecule has 0 unspecified atom stereocenters. The average molecular weight is 271 g/mol. The molecule has 0 aliphatic carbocycles. The van der Waals surface area contributed by atoms with Crippen LogP contribution in [0.3, 0.4) is 0 Å². The van der Waals surface area contributed by atoms with Gasteiger partial charge in [0.2, 0.25) is 10.0 Å². The number of sulfonamides is 1. The minimum Gasteiger partial charge on any atom is -0.383 e. The summed E-state index contributed by atoms with van der Waals surface area (Å²) >= 11 is 0. The van der Waals surface area contributed by atoms with Crippen molar-refractivity contribution in [2.75, 3.05) is 13.7 Å². The van der Waals surface area contributed by atoms with E-state index in [9.17, 15) is 8.42 Å². The Kier molecular flexibility index (Phi) is 5.31. The number of nitrogens with one attached hydrogen (secondary N) is 1. The van der Waals surface area contributed by atoms with Gasteiger partial charge in [-0.2, -0.15) is 0 Å². The quantitative estimate of drug-likeness (QED) is 0.862. The number of hydrogen-bond acceptors (Lipinski definition) is 3. The summed E-state index contributed by atoms with van der Waals surface area (Å²) in [7, 11) is -1.91. The lowest BCUT2D eigenvalue weighted by molar-refractivity contribution is 0.180. The van der Waals surface area contributed by atoms with Crippen molar-refractivity contribution in [1.29, 1.82) is 0 Å². The van der Waals surface area contributed by atoms with Crippen molar-refractivity contribution in [3.8, 4) is 0 Å². The fraction of sp³-hybridized carbons (Fsp3) is 0.538. The third-order valence-electron chi connectivity index (χ3n) is 2.63. The third kappa shape index (κ3) is 4.08. The van der Waals surface area contributed by atoms with Crippen molar-refractivity contribution < 1.29 is 13.2 Å². The van der Waals surface area contributed by atoms with Gasteiger partial charge in [-0.05, 0) is 30.5 Å². The summed E-state index contributed by atoms with van der Waals surface area (Å²) in [6.07, 6.45) is 0. The van der Waals surface area contributed by atoms with Gasteiger partial charge in [0.25, 0.3) is 0 Å². The van der Waals surface area contributed by atoms with Crippen LogP contribution in [0.2, 0.25) is 0 Å². The summed E-state index contributed by atoms with van der Waals surface area (Å²) in [5.41, 5.74) is 1.12. The Balaban J connectivity index is 2.85. The zero-order valence-corrected chi connectivity index (χ0v) is 12.1. The molecule has 4 nitrogen and oxygen atoms in total. The van der Waals surface area contributed by atoms with Crippen LogP contribution in [0.4, 0.5) is 0 Å². The number of ether oxygens (including phenoxy) is 1. The Bertz CT molecular complexity index is 466. The van der Waals surface area contributed by atoms with Crippen molar-refractivity contribution in [1.82, 2.24) is 4.72 Å². The zero-order chi connectivity index (χ0) is 13.8. The summed E-state index contributed by atoms with van der Waals surface area (Å²) in [6, 6.07) is 6.72. The van der Waals surface area contributed by atoms with Gasteiger partial charge in [0.15, 0.2) is 0 Å². The predicted molar refractivity (Wildman–Crippen MR) is 72.2 cm³/mol. The van der Waals surface area contributed by atoms with E-state index in [2.05, 4.69) is 18.6 Å². The van der Waals surface area contributed by atoms with Gasteiger partial charge in [0, 0.05) is 13.2 Å². The molecule has 0 aliphatic rings. The topological polar surface area (TPSA) is 55.4 Å². The first-order chi connectivity index (χ1) is 8.36. The lowest BCUT2D eigenvalue weighted by Gasteiger charge is -2.13. The molecule has 0 amide bonds. The summed E-state index contributed by atoms with van der Waals surface area (Å²) in [5, 5.41) is 0.